The highest BCUT2D eigenvalue weighted by Gasteiger charge is 2.17. The number of carbonyl (C=O) groups excluding carboxylic acids is 1. The molecule has 0 fully saturated rings. The molecule has 0 aliphatic heterocycles. The molecule has 34 heavy (non-hydrogen) atoms. The maximum atomic E-state index is 12.6. The number of nitrogens with zero attached hydrogens (tertiary/aromatic N) is 3. The number of H-pyrrole nitrogens is 2. The quantitative estimate of drug-likeness (QED) is 0.347. The first-order valence-corrected chi connectivity index (χ1v) is 10.4. The first-order chi connectivity index (χ1) is 16.3. The molecule has 0 aliphatic rings. The summed E-state index contributed by atoms with van der Waals surface area (Å²) < 4.78 is 1.81. The maximum Gasteiger partial charge on any atom is 0.326 e. The summed E-state index contributed by atoms with van der Waals surface area (Å²) in [5, 5.41) is 16.1. The number of nitrogens with two attached hydrogens (primary N) is 1. The van der Waals surface area contributed by atoms with Crippen LogP contribution in [-0.2, 0) is 6.54 Å². The predicted molar refractivity (Wildman–Crippen MR) is 126 cm³/mol. The number of nitrogen functional groups attached to an aromatic ring is 1. The average molecular weight is 455 g/mol. The summed E-state index contributed by atoms with van der Waals surface area (Å²) >= 11 is 0. The Balaban J connectivity index is 1.50. The second-order valence-electron chi connectivity index (χ2n) is 7.75. The Morgan fingerprint density at radius 1 is 1.18 bits per heavy atom. The van der Waals surface area contributed by atoms with Crippen LogP contribution in [0.1, 0.15) is 40.1 Å². The monoisotopic (exact) mass is 455 g/mol. The molecule has 4 rings (SSSR count). The van der Waals surface area contributed by atoms with E-state index >= 15 is 0 Å². The van der Waals surface area contributed by atoms with Crippen LogP contribution in [0.15, 0.2) is 70.5 Å². The molecule has 2 heterocycles. The van der Waals surface area contributed by atoms with E-state index in [9.17, 15) is 14.4 Å². The van der Waals surface area contributed by atoms with Gasteiger partial charge in [-0.15, -0.1) is 0 Å². The molecule has 2 aromatic carbocycles. The van der Waals surface area contributed by atoms with Crippen molar-refractivity contribution in [1.29, 1.82) is 5.26 Å². The zero-order chi connectivity index (χ0) is 24.2. The van der Waals surface area contributed by atoms with Crippen LogP contribution in [-0.4, -0.2) is 25.7 Å². The van der Waals surface area contributed by atoms with Crippen molar-refractivity contribution in [3.05, 3.63) is 104 Å². The van der Waals surface area contributed by atoms with E-state index in [1.165, 1.54) is 0 Å². The minimum atomic E-state index is -0.818. The topological polar surface area (TPSA) is 162 Å². The van der Waals surface area contributed by atoms with Gasteiger partial charge in [-0.2, -0.15) is 10.4 Å². The van der Waals surface area contributed by atoms with E-state index in [0.717, 1.165) is 22.3 Å². The molecule has 0 saturated carbocycles. The van der Waals surface area contributed by atoms with Crippen molar-refractivity contribution in [3.8, 4) is 17.2 Å². The summed E-state index contributed by atoms with van der Waals surface area (Å²) in [6, 6.07) is 16.6. The first kappa shape index (κ1) is 22.3. The lowest BCUT2D eigenvalue weighted by Crippen LogP contribution is -2.34. The van der Waals surface area contributed by atoms with E-state index in [0.29, 0.717) is 12.1 Å². The minimum absolute atomic E-state index is 0.277. The third-order valence-electron chi connectivity index (χ3n) is 5.34. The summed E-state index contributed by atoms with van der Waals surface area (Å²) in [5.74, 6) is -0.658. The van der Waals surface area contributed by atoms with Gasteiger partial charge in [0.25, 0.3) is 11.5 Å². The third kappa shape index (κ3) is 4.78. The van der Waals surface area contributed by atoms with Crippen molar-refractivity contribution in [2.24, 2.45) is 0 Å². The number of rotatable bonds is 6. The highest BCUT2D eigenvalue weighted by atomic mass is 16.2. The number of hydrogen-bond acceptors (Lipinski definition) is 6. The minimum Gasteiger partial charge on any atom is -0.392 e. The highest BCUT2D eigenvalue weighted by Crippen LogP contribution is 2.23. The van der Waals surface area contributed by atoms with Gasteiger partial charge in [-0.1, -0.05) is 30.3 Å². The van der Waals surface area contributed by atoms with Gasteiger partial charge in [0.2, 0.25) is 0 Å². The Morgan fingerprint density at radius 2 is 1.94 bits per heavy atom. The van der Waals surface area contributed by atoms with Crippen LogP contribution in [0.3, 0.4) is 0 Å². The fraction of sp³-hybridized carbons (Fsp3) is 0.125. The van der Waals surface area contributed by atoms with Crippen molar-refractivity contribution in [3.63, 3.8) is 0 Å². The van der Waals surface area contributed by atoms with E-state index in [1.807, 2.05) is 47.6 Å². The predicted octanol–water partition coefficient (Wildman–Crippen LogP) is 1.92. The number of benzene rings is 2. The molecule has 0 aliphatic carbocycles. The SMILES string of the molecule is C[C@@H](NC(=O)c1[nH]c(=O)[nH]c(=O)c1N)c1cccc(-c2cnn(Cc3ccc(C#N)cc3)c2)c1. The van der Waals surface area contributed by atoms with Crippen LogP contribution >= 0.6 is 0 Å². The first-order valence-electron chi connectivity index (χ1n) is 10.4. The van der Waals surface area contributed by atoms with Crippen LogP contribution < -0.4 is 22.3 Å². The molecule has 0 spiro atoms. The maximum absolute atomic E-state index is 12.6. The Morgan fingerprint density at radius 3 is 2.68 bits per heavy atom. The molecule has 4 aromatic rings. The van der Waals surface area contributed by atoms with Crippen LogP contribution in [0.2, 0.25) is 0 Å². The second kappa shape index (κ2) is 9.30. The largest absolute Gasteiger partial charge is 0.392 e. The van der Waals surface area contributed by atoms with Gasteiger partial charge >= 0.3 is 5.69 Å². The molecule has 0 bridgehead atoms. The van der Waals surface area contributed by atoms with Gasteiger partial charge in [0, 0.05) is 11.8 Å². The van der Waals surface area contributed by atoms with E-state index in [4.69, 9.17) is 11.0 Å². The lowest BCUT2D eigenvalue weighted by molar-refractivity contribution is 0.0935. The summed E-state index contributed by atoms with van der Waals surface area (Å²) in [7, 11) is 0. The number of hydrogen-bond donors (Lipinski definition) is 4. The number of nitriles is 1. The van der Waals surface area contributed by atoms with Crippen molar-refractivity contribution < 1.29 is 4.79 Å². The van der Waals surface area contributed by atoms with E-state index in [2.05, 4.69) is 21.5 Å². The molecule has 10 nitrogen and oxygen atoms in total. The van der Waals surface area contributed by atoms with Gasteiger partial charge in [0.05, 0.1) is 30.4 Å². The molecule has 0 radical (unpaired) electrons. The second-order valence-corrected chi connectivity index (χ2v) is 7.75. The van der Waals surface area contributed by atoms with Crippen molar-refractivity contribution in [2.75, 3.05) is 5.73 Å². The van der Waals surface area contributed by atoms with E-state index < -0.39 is 23.2 Å². The fourth-order valence-corrected chi connectivity index (χ4v) is 3.49. The number of carbonyl (C=O) groups is 1. The fourth-order valence-electron chi connectivity index (χ4n) is 3.49. The lowest BCUT2D eigenvalue weighted by atomic mass is 10.0. The Labute approximate surface area is 193 Å². The Bertz CT molecular complexity index is 1510. The van der Waals surface area contributed by atoms with Crippen LogP contribution in [0, 0.1) is 11.3 Å². The highest BCUT2D eigenvalue weighted by molar-refractivity contribution is 5.97. The molecule has 1 atom stereocenters. The van der Waals surface area contributed by atoms with Gasteiger partial charge in [-0.3, -0.25) is 19.3 Å². The molecular formula is C24H21N7O3. The number of aromatic nitrogens is 4. The van der Waals surface area contributed by atoms with Gasteiger partial charge in [0.15, 0.2) is 0 Å². The zero-order valence-corrected chi connectivity index (χ0v) is 18.2. The van der Waals surface area contributed by atoms with Crippen LogP contribution in [0.5, 0.6) is 0 Å². The van der Waals surface area contributed by atoms with E-state index in [1.54, 1.807) is 29.9 Å². The molecule has 1 amide bonds. The number of anilines is 1. The summed E-state index contributed by atoms with van der Waals surface area (Å²) in [6.07, 6.45) is 3.68. The van der Waals surface area contributed by atoms with Gasteiger partial charge < -0.3 is 16.0 Å². The van der Waals surface area contributed by atoms with E-state index in [-0.39, 0.29) is 11.4 Å². The lowest BCUT2D eigenvalue weighted by Gasteiger charge is -2.15. The summed E-state index contributed by atoms with van der Waals surface area (Å²) in [4.78, 5) is 40.0. The average Bonchev–Trinajstić information content (AvgIpc) is 3.30. The smallest absolute Gasteiger partial charge is 0.326 e. The standard InChI is InChI=1S/C24H21N7O3/c1-14(28-23(33)21-20(26)22(32)30-24(34)29-21)17-3-2-4-18(9-17)19-11-27-31(13-19)12-16-7-5-15(10-25)6-8-16/h2-9,11,13-14H,12,26H2,1H3,(H,28,33)(H2,29,30,32,34)/t14-/m1/s1. The number of nitrogens with one attached hydrogen (secondary N) is 3. The van der Waals surface area contributed by atoms with Crippen LogP contribution in [0.25, 0.3) is 11.1 Å². The van der Waals surface area contributed by atoms with Gasteiger partial charge in [-0.05, 0) is 41.8 Å². The summed E-state index contributed by atoms with van der Waals surface area (Å²) in [5.41, 5.74) is 7.64. The van der Waals surface area contributed by atoms with Crippen molar-refractivity contribution in [1.82, 2.24) is 25.1 Å². The van der Waals surface area contributed by atoms with Crippen LogP contribution in [0.4, 0.5) is 5.69 Å². The van der Waals surface area contributed by atoms with Gasteiger partial charge in [-0.25, -0.2) is 4.79 Å². The molecule has 2 aromatic heterocycles. The van der Waals surface area contributed by atoms with Crippen molar-refractivity contribution >= 4 is 11.6 Å². The normalized spacial score (nSPS) is 11.5. The number of amides is 1. The summed E-state index contributed by atoms with van der Waals surface area (Å²) in [6.45, 7) is 2.35. The molecule has 5 N–H and O–H groups in total. The molecule has 0 unspecified atom stereocenters. The Kier molecular flexibility index (Phi) is 6.09. The van der Waals surface area contributed by atoms with Crippen molar-refractivity contribution in [2.45, 2.75) is 19.5 Å². The number of aromatic amines is 2. The van der Waals surface area contributed by atoms with Gasteiger partial charge in [0.1, 0.15) is 11.4 Å². The molecule has 170 valence electrons. The zero-order valence-electron chi connectivity index (χ0n) is 18.2. The Hall–Kier alpha value is -4.91. The third-order valence-corrected chi connectivity index (χ3v) is 5.34. The molecular weight excluding hydrogens is 434 g/mol. The molecule has 0 saturated heterocycles. The molecule has 10 heteroatoms.